The molecule has 5 rings (SSSR count). The Morgan fingerprint density at radius 3 is 2.20 bits per heavy atom. The van der Waals surface area contributed by atoms with Gasteiger partial charge in [-0.05, 0) is 78.6 Å². The van der Waals surface area contributed by atoms with Crippen molar-refractivity contribution in [3.05, 3.63) is 69.4 Å². The van der Waals surface area contributed by atoms with Crippen molar-refractivity contribution in [3.63, 3.8) is 0 Å². The highest BCUT2D eigenvalue weighted by Gasteiger charge is 2.37. The van der Waals surface area contributed by atoms with E-state index in [1.807, 2.05) is 49.1 Å². The first-order chi connectivity index (χ1) is 23.6. The molecule has 0 radical (unpaired) electrons. The second kappa shape index (κ2) is 15.1. The van der Waals surface area contributed by atoms with Crippen molar-refractivity contribution in [1.82, 2.24) is 10.2 Å². The van der Waals surface area contributed by atoms with Crippen LogP contribution < -0.4 is 39.7 Å². The number of fused-ring (bicyclic) bond motifs is 3. The van der Waals surface area contributed by atoms with Crippen LogP contribution in [0.4, 0.5) is 5.69 Å². The van der Waals surface area contributed by atoms with E-state index in [0.717, 1.165) is 29.5 Å². The van der Waals surface area contributed by atoms with Crippen molar-refractivity contribution in [3.8, 4) is 39.9 Å². The molecule has 49 heavy (non-hydrogen) atoms. The molecule has 1 heterocycles. The molecule has 3 aromatic carbocycles. The van der Waals surface area contributed by atoms with E-state index in [1.165, 1.54) is 6.92 Å². The number of likely N-dealkylation sites (tertiary alicyclic amines) is 1. The van der Waals surface area contributed by atoms with Gasteiger partial charge in [0.1, 0.15) is 17.5 Å². The summed E-state index contributed by atoms with van der Waals surface area (Å²) in [6.45, 7) is 5.98. The van der Waals surface area contributed by atoms with Crippen molar-refractivity contribution < 1.29 is 33.3 Å². The quantitative estimate of drug-likeness (QED) is 0.265. The van der Waals surface area contributed by atoms with Crippen LogP contribution in [0.1, 0.15) is 68.8 Å². The minimum absolute atomic E-state index is 0.0946. The molecule has 0 saturated carbocycles. The van der Waals surface area contributed by atoms with Crippen molar-refractivity contribution >= 4 is 17.5 Å². The van der Waals surface area contributed by atoms with Crippen LogP contribution >= 0.6 is 0 Å². The minimum atomic E-state index is -0.683. The molecule has 3 atom stereocenters. The molecule has 1 fully saturated rings. The Morgan fingerprint density at radius 1 is 0.837 bits per heavy atom. The maximum Gasteiger partial charge on any atom is 0.245 e. The molecule has 2 amide bonds. The lowest BCUT2D eigenvalue weighted by molar-refractivity contribution is -0.134. The van der Waals surface area contributed by atoms with Crippen LogP contribution in [0.5, 0.6) is 28.7 Å². The third-order valence-corrected chi connectivity index (χ3v) is 9.50. The van der Waals surface area contributed by atoms with Crippen LogP contribution in [0.2, 0.25) is 0 Å². The molecule has 0 aromatic heterocycles. The first-order valence-corrected chi connectivity index (χ1v) is 16.6. The molecule has 11 heteroatoms. The molecular formula is C38H47N3O8. The van der Waals surface area contributed by atoms with Gasteiger partial charge >= 0.3 is 0 Å². The number of carbonyl (C=O) groups excluding carboxylic acids is 2. The second-order valence-corrected chi connectivity index (χ2v) is 12.8. The Hall–Kier alpha value is -4.93. The van der Waals surface area contributed by atoms with E-state index in [4.69, 9.17) is 23.7 Å². The number of carbonyl (C=O) groups is 2. The fraction of sp³-hybridized carbons (Fsp3) is 0.447. The van der Waals surface area contributed by atoms with Gasteiger partial charge in [0.2, 0.25) is 23.0 Å². The SMILES string of the molecule is COc1ccc(C2CCCN2C(=O)[C@@H](Nc2ccc3c(cc2=O)[C@@H](NC(C)=O)CCc2cc(OC)c(OC)c(OC)c2-3)C(C)C)c(OC)c1. The van der Waals surface area contributed by atoms with E-state index in [2.05, 4.69) is 10.6 Å². The number of methoxy groups -OCH3 is 5. The molecule has 0 bridgehead atoms. The zero-order valence-electron chi connectivity index (χ0n) is 29.6. The van der Waals surface area contributed by atoms with Gasteiger partial charge in [-0.15, -0.1) is 0 Å². The Balaban J connectivity index is 1.58. The lowest BCUT2D eigenvalue weighted by Gasteiger charge is -2.32. The zero-order chi connectivity index (χ0) is 35.4. The van der Waals surface area contributed by atoms with Gasteiger partial charge in [-0.2, -0.15) is 0 Å². The highest BCUT2D eigenvalue weighted by atomic mass is 16.5. The number of nitrogens with zero attached hydrogens (tertiary/aromatic N) is 1. The predicted molar refractivity (Wildman–Crippen MR) is 188 cm³/mol. The van der Waals surface area contributed by atoms with Gasteiger partial charge in [-0.25, -0.2) is 0 Å². The average Bonchev–Trinajstić information content (AvgIpc) is 3.47. The summed E-state index contributed by atoms with van der Waals surface area (Å²) in [5.74, 6) is 2.32. The van der Waals surface area contributed by atoms with Crippen LogP contribution in [0.3, 0.4) is 0 Å². The number of rotatable bonds is 11. The molecule has 1 aliphatic carbocycles. The Kier molecular flexibility index (Phi) is 10.9. The molecule has 0 spiro atoms. The normalized spacial score (nSPS) is 17.3. The van der Waals surface area contributed by atoms with Crippen LogP contribution in [-0.2, 0) is 16.0 Å². The predicted octanol–water partition coefficient (Wildman–Crippen LogP) is 5.68. The summed E-state index contributed by atoms with van der Waals surface area (Å²) < 4.78 is 28.3. The molecule has 262 valence electrons. The van der Waals surface area contributed by atoms with E-state index in [0.29, 0.717) is 59.3 Å². The summed E-state index contributed by atoms with van der Waals surface area (Å²) in [6, 6.07) is 11.4. The zero-order valence-corrected chi connectivity index (χ0v) is 29.6. The number of hydrogen-bond donors (Lipinski definition) is 2. The third-order valence-electron chi connectivity index (χ3n) is 9.50. The smallest absolute Gasteiger partial charge is 0.245 e. The number of hydrogen-bond acceptors (Lipinski definition) is 9. The summed E-state index contributed by atoms with van der Waals surface area (Å²) in [6.07, 6.45) is 2.77. The molecule has 3 aromatic rings. The van der Waals surface area contributed by atoms with E-state index >= 15 is 0 Å². The van der Waals surface area contributed by atoms with Crippen LogP contribution in [0.15, 0.2) is 47.3 Å². The first kappa shape index (κ1) is 35.4. The molecule has 2 N–H and O–H groups in total. The maximum atomic E-state index is 14.3. The van der Waals surface area contributed by atoms with E-state index in [9.17, 15) is 14.4 Å². The minimum Gasteiger partial charge on any atom is -0.497 e. The lowest BCUT2D eigenvalue weighted by atomic mass is 9.95. The summed E-state index contributed by atoms with van der Waals surface area (Å²) in [7, 11) is 7.90. The topological polar surface area (TPSA) is 125 Å². The van der Waals surface area contributed by atoms with E-state index in [1.54, 1.807) is 47.7 Å². The molecule has 1 unspecified atom stereocenters. The van der Waals surface area contributed by atoms with Gasteiger partial charge < -0.3 is 39.2 Å². The number of nitrogens with one attached hydrogen (secondary N) is 2. The Bertz CT molecular complexity index is 1770. The summed E-state index contributed by atoms with van der Waals surface area (Å²) in [5.41, 5.74) is 3.95. The van der Waals surface area contributed by atoms with Gasteiger partial charge in [0, 0.05) is 30.7 Å². The average molecular weight is 674 g/mol. The molecule has 1 aliphatic heterocycles. The van der Waals surface area contributed by atoms with Crippen molar-refractivity contribution in [2.24, 2.45) is 5.92 Å². The van der Waals surface area contributed by atoms with Crippen LogP contribution in [0, 0.1) is 5.92 Å². The van der Waals surface area contributed by atoms with Gasteiger partial charge in [0.15, 0.2) is 11.5 Å². The number of benzene rings is 2. The number of aryl methyl sites for hydroxylation is 1. The van der Waals surface area contributed by atoms with Crippen molar-refractivity contribution in [2.75, 3.05) is 47.4 Å². The van der Waals surface area contributed by atoms with Crippen LogP contribution in [-0.4, -0.2) is 64.8 Å². The van der Waals surface area contributed by atoms with Gasteiger partial charge in [0.05, 0.1) is 53.3 Å². The first-order valence-electron chi connectivity index (χ1n) is 16.6. The van der Waals surface area contributed by atoms with Gasteiger partial charge in [0.25, 0.3) is 0 Å². The van der Waals surface area contributed by atoms with Crippen molar-refractivity contribution in [1.29, 1.82) is 0 Å². The number of amides is 2. The molecule has 11 nitrogen and oxygen atoms in total. The molecule has 1 saturated heterocycles. The van der Waals surface area contributed by atoms with Gasteiger partial charge in [-0.1, -0.05) is 19.9 Å². The largest absolute Gasteiger partial charge is 0.497 e. The Morgan fingerprint density at radius 2 is 1.57 bits per heavy atom. The third kappa shape index (κ3) is 6.97. The number of anilines is 1. The second-order valence-electron chi connectivity index (χ2n) is 12.8. The summed E-state index contributed by atoms with van der Waals surface area (Å²) >= 11 is 0. The fourth-order valence-electron chi connectivity index (χ4n) is 7.13. The highest BCUT2D eigenvalue weighted by Crippen LogP contribution is 2.50. The number of ether oxygens (including phenoxy) is 5. The maximum absolute atomic E-state index is 14.3. The van der Waals surface area contributed by atoms with E-state index in [-0.39, 0.29) is 34.9 Å². The monoisotopic (exact) mass is 673 g/mol. The van der Waals surface area contributed by atoms with Crippen LogP contribution in [0.25, 0.3) is 11.1 Å². The highest BCUT2D eigenvalue weighted by molar-refractivity contribution is 5.87. The van der Waals surface area contributed by atoms with Gasteiger partial charge in [-0.3, -0.25) is 14.4 Å². The van der Waals surface area contributed by atoms with Crippen molar-refractivity contribution in [2.45, 2.75) is 64.6 Å². The van der Waals surface area contributed by atoms with E-state index < -0.39 is 12.1 Å². The lowest BCUT2D eigenvalue weighted by Crippen LogP contribution is -2.46. The summed E-state index contributed by atoms with van der Waals surface area (Å²) in [5, 5.41) is 6.37. The summed E-state index contributed by atoms with van der Waals surface area (Å²) in [4.78, 5) is 42.6. The Labute approximate surface area is 287 Å². The molecule has 2 aliphatic rings. The molecular weight excluding hydrogens is 626 g/mol. The fourth-order valence-corrected chi connectivity index (χ4v) is 7.13. The standard InChI is InChI=1S/C38H47N3O8/c1-21(2)35(38(44)41-17-9-10-30(41)26-13-12-24(45-4)19-32(26)46-5)40-29-16-14-25-27(20-31(29)43)28(39-22(3)42)15-11-23-18-33(47-6)36(48-7)37(49-8)34(23)25/h12-14,16,18-21,28,30,35H,9-11,15,17H2,1-8H3,(H,39,42)(H,40,43)/t28-,30?,35-/m0/s1.